The second-order valence-corrected chi connectivity index (χ2v) is 8.75. The van der Waals surface area contributed by atoms with E-state index in [1.54, 1.807) is 4.68 Å². The van der Waals surface area contributed by atoms with E-state index in [4.69, 9.17) is 9.47 Å². The summed E-state index contributed by atoms with van der Waals surface area (Å²) in [6, 6.07) is -0.0598. The minimum atomic E-state index is -3.29. The van der Waals surface area contributed by atoms with Gasteiger partial charge >= 0.3 is 0 Å². The molecule has 0 aliphatic carbocycles. The highest BCUT2D eigenvalue weighted by atomic mass is 32.2. The molecule has 1 N–H and O–H groups in total. The van der Waals surface area contributed by atoms with Crippen molar-refractivity contribution in [3.05, 3.63) is 11.3 Å². The Balaban J connectivity index is 1.56. The van der Waals surface area contributed by atoms with Crippen LogP contribution in [0.15, 0.2) is 0 Å². The molecule has 1 fully saturated rings. The standard InChI is InChI=1S/C16H26N4O5S/c1-12-14(18-20-6-3-9-25-16(12)20)15(21)17-13-4-7-19(8-5-13)26(22,23)11-10-24-2/h13H,3-11H2,1-2H3,(H,17,21). The first-order valence-corrected chi connectivity index (χ1v) is 10.5. The number of fused-ring (bicyclic) bond motifs is 1. The van der Waals surface area contributed by atoms with E-state index in [2.05, 4.69) is 10.4 Å². The quantitative estimate of drug-likeness (QED) is 0.746. The van der Waals surface area contributed by atoms with Crippen molar-refractivity contribution in [1.29, 1.82) is 0 Å². The van der Waals surface area contributed by atoms with Crippen molar-refractivity contribution in [3.8, 4) is 5.88 Å². The third kappa shape index (κ3) is 4.02. The number of piperidine rings is 1. The average Bonchev–Trinajstić information content (AvgIpc) is 2.98. The van der Waals surface area contributed by atoms with Crippen LogP contribution < -0.4 is 10.1 Å². The van der Waals surface area contributed by atoms with Gasteiger partial charge in [-0.15, -0.1) is 0 Å². The van der Waals surface area contributed by atoms with Crippen molar-refractivity contribution < 1.29 is 22.7 Å². The fraction of sp³-hybridized carbons (Fsp3) is 0.750. The van der Waals surface area contributed by atoms with E-state index in [-0.39, 0.29) is 24.3 Å². The van der Waals surface area contributed by atoms with Gasteiger partial charge in [0.15, 0.2) is 5.69 Å². The lowest BCUT2D eigenvalue weighted by atomic mass is 10.1. The Hall–Kier alpha value is -1.65. The summed E-state index contributed by atoms with van der Waals surface area (Å²) in [4.78, 5) is 12.6. The van der Waals surface area contributed by atoms with Gasteiger partial charge in [0.2, 0.25) is 15.9 Å². The summed E-state index contributed by atoms with van der Waals surface area (Å²) in [7, 11) is -1.81. The number of nitrogens with zero attached hydrogens (tertiary/aromatic N) is 3. The summed E-state index contributed by atoms with van der Waals surface area (Å²) in [5.41, 5.74) is 1.14. The van der Waals surface area contributed by atoms with Crippen molar-refractivity contribution >= 4 is 15.9 Å². The topological polar surface area (TPSA) is 103 Å². The average molecular weight is 386 g/mol. The van der Waals surface area contributed by atoms with Crippen LogP contribution in [0.25, 0.3) is 0 Å². The fourth-order valence-electron chi connectivity index (χ4n) is 3.32. The maximum atomic E-state index is 12.6. The van der Waals surface area contributed by atoms with E-state index in [1.165, 1.54) is 11.4 Å². The number of aromatic nitrogens is 2. The van der Waals surface area contributed by atoms with Gasteiger partial charge < -0.3 is 14.8 Å². The normalized spacial score (nSPS) is 19.0. The minimum Gasteiger partial charge on any atom is -0.478 e. The molecule has 0 radical (unpaired) electrons. The number of ether oxygens (including phenoxy) is 2. The summed E-state index contributed by atoms with van der Waals surface area (Å²) in [6.45, 7) is 4.22. The number of nitrogens with one attached hydrogen (secondary N) is 1. The molecule has 146 valence electrons. The Bertz CT molecular complexity index is 753. The number of sulfonamides is 1. The SMILES string of the molecule is COCCS(=O)(=O)N1CCC(NC(=O)c2nn3c(c2C)OCCC3)CC1. The number of methoxy groups -OCH3 is 1. The number of rotatable bonds is 6. The highest BCUT2D eigenvalue weighted by Gasteiger charge is 2.30. The van der Waals surface area contributed by atoms with Crippen LogP contribution in [0.1, 0.15) is 35.3 Å². The van der Waals surface area contributed by atoms with Crippen LogP contribution in [0.3, 0.4) is 0 Å². The first-order chi connectivity index (χ1) is 12.4. The number of hydrogen-bond donors (Lipinski definition) is 1. The van der Waals surface area contributed by atoms with Crippen molar-refractivity contribution in [2.24, 2.45) is 0 Å². The highest BCUT2D eigenvalue weighted by molar-refractivity contribution is 7.89. The Morgan fingerprint density at radius 2 is 2.08 bits per heavy atom. The number of carbonyl (C=O) groups excluding carboxylic acids is 1. The smallest absolute Gasteiger partial charge is 0.272 e. The Kier molecular flexibility index (Phi) is 5.83. The maximum Gasteiger partial charge on any atom is 0.272 e. The molecule has 0 bridgehead atoms. The molecular weight excluding hydrogens is 360 g/mol. The summed E-state index contributed by atoms with van der Waals surface area (Å²) in [5, 5.41) is 7.35. The third-order valence-electron chi connectivity index (χ3n) is 4.83. The first kappa shape index (κ1) is 19.1. The molecular formula is C16H26N4O5S. The van der Waals surface area contributed by atoms with Gasteiger partial charge in [-0.1, -0.05) is 0 Å². The molecule has 1 aromatic heterocycles. The van der Waals surface area contributed by atoms with Crippen LogP contribution in [-0.4, -0.2) is 73.6 Å². The second kappa shape index (κ2) is 7.93. The van der Waals surface area contributed by atoms with Crippen LogP contribution >= 0.6 is 0 Å². The summed E-state index contributed by atoms with van der Waals surface area (Å²) in [6.07, 6.45) is 2.05. The monoisotopic (exact) mass is 386 g/mol. The van der Waals surface area contributed by atoms with Crippen molar-refractivity contribution in [2.75, 3.05) is 39.2 Å². The van der Waals surface area contributed by atoms with Gasteiger partial charge in [-0.3, -0.25) is 4.79 Å². The van der Waals surface area contributed by atoms with E-state index >= 15 is 0 Å². The van der Waals surface area contributed by atoms with E-state index in [1.807, 2.05) is 6.92 Å². The predicted octanol–water partition coefficient (Wildman–Crippen LogP) is 0.144. The van der Waals surface area contributed by atoms with Crippen molar-refractivity contribution in [1.82, 2.24) is 19.4 Å². The lowest BCUT2D eigenvalue weighted by Crippen LogP contribution is -2.47. The molecule has 0 unspecified atom stereocenters. The molecule has 2 aliphatic heterocycles. The minimum absolute atomic E-state index is 0.0140. The second-order valence-electron chi connectivity index (χ2n) is 6.66. The molecule has 0 spiro atoms. The van der Waals surface area contributed by atoms with E-state index in [0.29, 0.717) is 44.1 Å². The lowest BCUT2D eigenvalue weighted by molar-refractivity contribution is 0.0917. The van der Waals surface area contributed by atoms with Crippen LogP contribution in [0.5, 0.6) is 5.88 Å². The van der Waals surface area contributed by atoms with Gasteiger partial charge in [-0.05, 0) is 19.8 Å². The van der Waals surface area contributed by atoms with Gasteiger partial charge in [0.1, 0.15) is 0 Å². The molecule has 26 heavy (non-hydrogen) atoms. The molecule has 1 saturated heterocycles. The number of hydrogen-bond acceptors (Lipinski definition) is 6. The molecule has 0 atom stereocenters. The molecule has 1 amide bonds. The molecule has 3 heterocycles. The molecule has 0 saturated carbocycles. The van der Waals surface area contributed by atoms with Crippen molar-refractivity contribution in [3.63, 3.8) is 0 Å². The molecule has 1 aromatic rings. The first-order valence-electron chi connectivity index (χ1n) is 8.90. The van der Waals surface area contributed by atoms with E-state index in [0.717, 1.165) is 18.5 Å². The zero-order valence-corrected chi connectivity index (χ0v) is 16.0. The Labute approximate surface area is 153 Å². The van der Waals surface area contributed by atoms with E-state index < -0.39 is 10.0 Å². The largest absolute Gasteiger partial charge is 0.478 e. The maximum absolute atomic E-state index is 12.6. The zero-order chi connectivity index (χ0) is 18.7. The fourth-order valence-corrected chi connectivity index (χ4v) is 4.72. The highest BCUT2D eigenvalue weighted by Crippen LogP contribution is 2.25. The van der Waals surface area contributed by atoms with Crippen molar-refractivity contribution in [2.45, 2.75) is 38.8 Å². The van der Waals surface area contributed by atoms with Gasteiger partial charge in [0.25, 0.3) is 5.91 Å². The molecule has 10 heteroatoms. The molecule has 3 rings (SSSR count). The number of amides is 1. The van der Waals surface area contributed by atoms with Gasteiger partial charge in [0, 0.05) is 44.8 Å². The molecule has 9 nitrogen and oxygen atoms in total. The van der Waals surface area contributed by atoms with Gasteiger partial charge in [-0.2, -0.15) is 5.10 Å². The Morgan fingerprint density at radius 3 is 2.73 bits per heavy atom. The van der Waals surface area contributed by atoms with Crippen LogP contribution in [-0.2, 0) is 21.3 Å². The predicted molar refractivity (Wildman–Crippen MR) is 94.8 cm³/mol. The van der Waals surface area contributed by atoms with Gasteiger partial charge in [-0.25, -0.2) is 17.4 Å². The summed E-state index contributed by atoms with van der Waals surface area (Å²) < 4.78 is 38.0. The summed E-state index contributed by atoms with van der Waals surface area (Å²) >= 11 is 0. The summed E-state index contributed by atoms with van der Waals surface area (Å²) in [5.74, 6) is 0.425. The Morgan fingerprint density at radius 1 is 1.35 bits per heavy atom. The third-order valence-corrected chi connectivity index (χ3v) is 6.66. The zero-order valence-electron chi connectivity index (χ0n) is 15.2. The lowest BCUT2D eigenvalue weighted by Gasteiger charge is -2.31. The number of aryl methyl sites for hydroxylation is 1. The van der Waals surface area contributed by atoms with Crippen LogP contribution in [0.2, 0.25) is 0 Å². The number of carbonyl (C=O) groups is 1. The van der Waals surface area contributed by atoms with E-state index in [9.17, 15) is 13.2 Å². The molecule has 2 aliphatic rings. The van der Waals surface area contributed by atoms with Crippen LogP contribution in [0, 0.1) is 6.92 Å². The van der Waals surface area contributed by atoms with Crippen LogP contribution in [0.4, 0.5) is 0 Å². The molecule has 0 aromatic carbocycles. The van der Waals surface area contributed by atoms with Gasteiger partial charge in [0.05, 0.1) is 19.0 Å².